The van der Waals surface area contributed by atoms with E-state index >= 15 is 0 Å². The molecule has 0 bridgehead atoms. The number of nitrogens with one attached hydrogen (secondary N) is 1. The van der Waals surface area contributed by atoms with Crippen LogP contribution in [0, 0.1) is 0 Å². The molecule has 8 heteroatoms. The highest BCUT2D eigenvalue weighted by Crippen LogP contribution is 2.26. The number of rotatable bonds is 3. The third-order valence-corrected chi connectivity index (χ3v) is 1.92. The molecule has 0 radical (unpaired) electrons. The van der Waals surface area contributed by atoms with Crippen molar-refractivity contribution in [3.8, 4) is 5.75 Å². The molecule has 0 spiro atoms. The average molecular weight is 267 g/mol. The monoisotopic (exact) mass is 266 g/mol. The van der Waals surface area contributed by atoms with E-state index in [9.17, 15) is 18.0 Å². The number of nitrogens with zero attached hydrogens (tertiary/aromatic N) is 1. The molecule has 0 aliphatic rings. The van der Waals surface area contributed by atoms with Gasteiger partial charge in [0.2, 0.25) is 0 Å². The fourth-order valence-electron chi connectivity index (χ4n) is 0.821. The molecule has 0 aromatic heterocycles. The molecule has 1 rings (SSSR count). The summed E-state index contributed by atoms with van der Waals surface area (Å²) in [5.74, 6) is -2.34. The molecule has 92 valence electrons. The van der Waals surface area contributed by atoms with E-state index < -0.39 is 12.0 Å². The van der Waals surface area contributed by atoms with Crippen molar-refractivity contribution in [1.82, 2.24) is 0 Å². The van der Waals surface area contributed by atoms with Crippen LogP contribution < -0.4 is 5.43 Å². The predicted molar refractivity (Wildman–Crippen MR) is 56.3 cm³/mol. The number of phenols is 1. The highest BCUT2D eigenvalue weighted by molar-refractivity contribution is 6.32. The largest absolute Gasteiger partial charge is 0.506 e. The summed E-state index contributed by atoms with van der Waals surface area (Å²) in [7, 11) is 0. The van der Waals surface area contributed by atoms with E-state index in [-0.39, 0.29) is 22.7 Å². The van der Waals surface area contributed by atoms with Crippen molar-refractivity contribution >= 4 is 29.3 Å². The van der Waals surface area contributed by atoms with Gasteiger partial charge in [-0.2, -0.15) is 18.3 Å². The third kappa shape index (κ3) is 3.95. The van der Waals surface area contributed by atoms with Gasteiger partial charge in [-0.15, -0.1) is 0 Å². The normalized spacial score (nSPS) is 11.8. The molecule has 1 aromatic carbocycles. The molecule has 0 aliphatic heterocycles. The van der Waals surface area contributed by atoms with E-state index in [1.807, 2.05) is 0 Å². The SMILES string of the molecule is O=C(C=NNc1ccc(Cl)c(O)c1)C(F)(F)F. The summed E-state index contributed by atoms with van der Waals surface area (Å²) in [6, 6.07) is 3.84. The maximum absolute atomic E-state index is 11.8. The Hall–Kier alpha value is -1.76. The number of ketones is 1. The molecule has 4 nitrogen and oxygen atoms in total. The van der Waals surface area contributed by atoms with Crippen molar-refractivity contribution in [2.45, 2.75) is 6.18 Å². The summed E-state index contributed by atoms with van der Waals surface area (Å²) in [6.45, 7) is 0. The van der Waals surface area contributed by atoms with Crippen LogP contribution in [0.3, 0.4) is 0 Å². The second kappa shape index (κ2) is 5.05. The highest BCUT2D eigenvalue weighted by atomic mass is 35.5. The number of hydrogen-bond donors (Lipinski definition) is 2. The van der Waals surface area contributed by atoms with Crippen LogP contribution in [0.15, 0.2) is 23.3 Å². The Balaban J connectivity index is 2.65. The number of benzene rings is 1. The maximum Gasteiger partial charge on any atom is 0.455 e. The molecule has 0 amide bonds. The second-order valence-electron chi connectivity index (χ2n) is 2.90. The zero-order valence-electron chi connectivity index (χ0n) is 8.12. The number of alkyl halides is 3. The summed E-state index contributed by atoms with van der Waals surface area (Å²) in [4.78, 5) is 10.4. The van der Waals surface area contributed by atoms with Crippen LogP contribution in [0.2, 0.25) is 5.02 Å². The minimum absolute atomic E-state index is 0.0888. The summed E-state index contributed by atoms with van der Waals surface area (Å²) < 4.78 is 35.3. The lowest BCUT2D eigenvalue weighted by atomic mass is 10.3. The number of aromatic hydroxyl groups is 1. The number of carbonyl (C=O) groups is 1. The van der Waals surface area contributed by atoms with Gasteiger partial charge in [0, 0.05) is 6.07 Å². The molecule has 17 heavy (non-hydrogen) atoms. The van der Waals surface area contributed by atoms with Gasteiger partial charge in [-0.3, -0.25) is 10.2 Å². The van der Waals surface area contributed by atoms with Gasteiger partial charge in [-0.05, 0) is 12.1 Å². The quantitative estimate of drug-likeness (QED) is 0.653. The molecule has 0 atom stereocenters. The van der Waals surface area contributed by atoms with Gasteiger partial charge in [-0.1, -0.05) is 11.6 Å². The van der Waals surface area contributed by atoms with Gasteiger partial charge in [0.05, 0.1) is 16.9 Å². The molecule has 0 saturated carbocycles. The Morgan fingerprint density at radius 2 is 2.12 bits per heavy atom. The van der Waals surface area contributed by atoms with Gasteiger partial charge in [-0.25, -0.2) is 0 Å². The maximum atomic E-state index is 11.8. The van der Waals surface area contributed by atoms with Crippen molar-refractivity contribution in [2.75, 3.05) is 5.43 Å². The smallest absolute Gasteiger partial charge is 0.455 e. The number of halogens is 4. The molecule has 0 heterocycles. The summed E-state index contributed by atoms with van der Waals surface area (Å²) in [5.41, 5.74) is 2.34. The van der Waals surface area contributed by atoms with Crippen LogP contribution in [0.4, 0.5) is 18.9 Å². The Morgan fingerprint density at radius 1 is 1.47 bits per heavy atom. The van der Waals surface area contributed by atoms with Crippen LogP contribution in [0.1, 0.15) is 0 Å². The second-order valence-corrected chi connectivity index (χ2v) is 3.31. The lowest BCUT2D eigenvalue weighted by Gasteiger charge is -2.02. The van der Waals surface area contributed by atoms with Crippen LogP contribution >= 0.6 is 11.6 Å². The van der Waals surface area contributed by atoms with Crippen molar-refractivity contribution < 1.29 is 23.1 Å². The summed E-state index contributed by atoms with van der Waals surface area (Å²) >= 11 is 5.51. The first-order valence-corrected chi connectivity index (χ1v) is 4.57. The van der Waals surface area contributed by atoms with E-state index in [1.165, 1.54) is 12.1 Å². The number of hydrazone groups is 1. The Labute approximate surface area is 98.7 Å². The topological polar surface area (TPSA) is 61.7 Å². The summed E-state index contributed by atoms with van der Waals surface area (Å²) in [5, 5.41) is 12.3. The average Bonchev–Trinajstić information content (AvgIpc) is 2.22. The van der Waals surface area contributed by atoms with Crippen molar-refractivity contribution in [1.29, 1.82) is 0 Å². The zero-order valence-corrected chi connectivity index (χ0v) is 8.88. The zero-order chi connectivity index (χ0) is 13.1. The van der Waals surface area contributed by atoms with E-state index in [0.29, 0.717) is 0 Å². The van der Waals surface area contributed by atoms with E-state index in [1.54, 1.807) is 0 Å². The van der Waals surface area contributed by atoms with E-state index in [2.05, 4.69) is 10.5 Å². The van der Waals surface area contributed by atoms with Crippen LogP contribution in [-0.4, -0.2) is 23.3 Å². The summed E-state index contributed by atoms with van der Waals surface area (Å²) in [6.07, 6.45) is -4.85. The first-order chi connectivity index (χ1) is 7.80. The van der Waals surface area contributed by atoms with Crippen molar-refractivity contribution in [2.24, 2.45) is 5.10 Å². The Kier molecular flexibility index (Phi) is 3.95. The standard InChI is InChI=1S/C9H6ClF3N2O2/c10-6-2-1-5(3-7(6)16)15-14-4-8(17)9(11,12)13/h1-4,15-16H. The number of hydrogen-bond acceptors (Lipinski definition) is 4. The fraction of sp³-hybridized carbons (Fsp3) is 0.111. The first-order valence-electron chi connectivity index (χ1n) is 4.19. The molecule has 0 aliphatic carbocycles. The molecule has 0 saturated heterocycles. The Bertz CT molecular complexity index is 460. The minimum atomic E-state index is -4.95. The number of anilines is 1. The van der Waals surface area contributed by atoms with E-state index in [4.69, 9.17) is 16.7 Å². The highest BCUT2D eigenvalue weighted by Gasteiger charge is 2.36. The first kappa shape index (κ1) is 13.3. The molecular weight excluding hydrogens is 261 g/mol. The van der Waals surface area contributed by atoms with Crippen LogP contribution in [-0.2, 0) is 4.79 Å². The van der Waals surface area contributed by atoms with Crippen molar-refractivity contribution in [3.05, 3.63) is 23.2 Å². The lowest BCUT2D eigenvalue weighted by molar-refractivity contribution is -0.162. The number of Topliss-reactive ketones (excluding diaryl/α,β-unsaturated/α-hetero) is 1. The van der Waals surface area contributed by atoms with Crippen molar-refractivity contribution in [3.63, 3.8) is 0 Å². The van der Waals surface area contributed by atoms with Gasteiger partial charge in [0.15, 0.2) is 0 Å². The van der Waals surface area contributed by atoms with Crippen LogP contribution in [0.25, 0.3) is 0 Å². The number of carbonyl (C=O) groups excluding carboxylic acids is 1. The molecule has 0 unspecified atom stereocenters. The fourth-order valence-corrected chi connectivity index (χ4v) is 0.938. The van der Waals surface area contributed by atoms with E-state index in [0.717, 1.165) is 6.07 Å². The van der Waals surface area contributed by atoms with Gasteiger partial charge in [0.25, 0.3) is 5.78 Å². The molecular formula is C9H6ClF3N2O2. The van der Waals surface area contributed by atoms with Crippen LogP contribution in [0.5, 0.6) is 5.75 Å². The van der Waals surface area contributed by atoms with Gasteiger partial charge in [0.1, 0.15) is 5.75 Å². The minimum Gasteiger partial charge on any atom is -0.506 e. The lowest BCUT2D eigenvalue weighted by Crippen LogP contribution is -2.23. The molecule has 2 N–H and O–H groups in total. The van der Waals surface area contributed by atoms with Gasteiger partial charge < -0.3 is 5.11 Å². The predicted octanol–water partition coefficient (Wildman–Crippen LogP) is 2.57. The third-order valence-electron chi connectivity index (χ3n) is 1.60. The molecule has 1 aromatic rings. The number of phenolic OH excluding ortho intramolecular Hbond substituents is 1. The Morgan fingerprint density at radius 3 is 2.65 bits per heavy atom. The molecule has 0 fully saturated rings. The van der Waals surface area contributed by atoms with Gasteiger partial charge >= 0.3 is 6.18 Å².